The van der Waals surface area contributed by atoms with Crippen molar-refractivity contribution in [2.45, 2.75) is 39.2 Å². The van der Waals surface area contributed by atoms with Crippen molar-refractivity contribution in [3.8, 4) is 0 Å². The normalized spacial score (nSPS) is 12.2. The minimum Gasteiger partial charge on any atom is -0.328 e. The highest BCUT2D eigenvalue weighted by Crippen LogP contribution is 2.14. The van der Waals surface area contributed by atoms with Gasteiger partial charge in [-0.1, -0.05) is 0 Å². The third-order valence-electron chi connectivity index (χ3n) is 2.51. The molecule has 1 amide bonds. The van der Waals surface area contributed by atoms with E-state index in [2.05, 4.69) is 5.32 Å². The molecule has 0 saturated carbocycles. The first-order valence-corrected chi connectivity index (χ1v) is 5.80. The number of hydrogen-bond acceptors (Lipinski definition) is 2. The number of aryl methyl sites for hydroxylation is 1. The molecule has 0 aromatic heterocycles. The van der Waals surface area contributed by atoms with Gasteiger partial charge in [-0.25, -0.2) is 4.39 Å². The number of nitrogens with one attached hydrogen (secondary N) is 1. The first-order chi connectivity index (χ1) is 7.99. The van der Waals surface area contributed by atoms with Crippen LogP contribution in [0.1, 0.15) is 31.7 Å². The summed E-state index contributed by atoms with van der Waals surface area (Å²) in [5.74, 6) is -0.323. The minimum absolute atomic E-state index is 0.0586. The fourth-order valence-electron chi connectivity index (χ4n) is 1.53. The largest absolute Gasteiger partial charge is 0.328 e. The van der Waals surface area contributed by atoms with Crippen molar-refractivity contribution in [3.63, 3.8) is 0 Å². The van der Waals surface area contributed by atoms with Gasteiger partial charge in [0.25, 0.3) is 0 Å². The standard InChI is InChI=1S/C13H19FN2O/c1-9-8-11(6-7-12(9)14)16-13(17)5-3-4-10(2)15/h6-8,10H,3-5,15H2,1-2H3,(H,16,17). The molecular formula is C13H19FN2O. The molecule has 0 aliphatic carbocycles. The summed E-state index contributed by atoms with van der Waals surface area (Å²) in [4.78, 5) is 11.5. The smallest absolute Gasteiger partial charge is 0.224 e. The summed E-state index contributed by atoms with van der Waals surface area (Å²) in [6, 6.07) is 4.66. The van der Waals surface area contributed by atoms with Crippen LogP contribution in [0.4, 0.5) is 10.1 Å². The Morgan fingerprint density at radius 2 is 2.24 bits per heavy atom. The summed E-state index contributed by atoms with van der Waals surface area (Å²) >= 11 is 0. The summed E-state index contributed by atoms with van der Waals surface area (Å²) in [5.41, 5.74) is 6.75. The lowest BCUT2D eigenvalue weighted by atomic mass is 10.1. The SMILES string of the molecule is Cc1cc(NC(=O)CCCC(C)N)ccc1F. The predicted molar refractivity (Wildman–Crippen MR) is 67.3 cm³/mol. The van der Waals surface area contributed by atoms with Gasteiger partial charge in [-0.05, 0) is 50.5 Å². The maximum atomic E-state index is 13.0. The number of nitrogens with two attached hydrogens (primary N) is 1. The Balaban J connectivity index is 2.42. The predicted octanol–water partition coefficient (Wildman–Crippen LogP) is 2.59. The molecule has 1 unspecified atom stereocenters. The maximum absolute atomic E-state index is 13.0. The highest BCUT2D eigenvalue weighted by atomic mass is 19.1. The zero-order chi connectivity index (χ0) is 12.8. The van der Waals surface area contributed by atoms with Crippen LogP contribution in [0.25, 0.3) is 0 Å². The quantitative estimate of drug-likeness (QED) is 0.828. The molecule has 1 rings (SSSR count). The highest BCUT2D eigenvalue weighted by molar-refractivity contribution is 5.90. The molecule has 0 bridgehead atoms. The topological polar surface area (TPSA) is 55.1 Å². The number of rotatable bonds is 5. The molecule has 0 heterocycles. The molecule has 0 aliphatic heterocycles. The van der Waals surface area contributed by atoms with E-state index in [0.717, 1.165) is 12.8 Å². The fraction of sp³-hybridized carbons (Fsp3) is 0.462. The van der Waals surface area contributed by atoms with Gasteiger partial charge >= 0.3 is 0 Å². The first-order valence-electron chi connectivity index (χ1n) is 5.80. The molecular weight excluding hydrogens is 219 g/mol. The van der Waals surface area contributed by atoms with E-state index in [1.807, 2.05) is 6.92 Å². The molecule has 0 aliphatic rings. The molecule has 0 radical (unpaired) electrons. The molecule has 0 fully saturated rings. The Hall–Kier alpha value is -1.42. The van der Waals surface area contributed by atoms with E-state index < -0.39 is 0 Å². The Morgan fingerprint density at radius 3 is 2.82 bits per heavy atom. The van der Waals surface area contributed by atoms with Crippen LogP contribution in [-0.4, -0.2) is 11.9 Å². The minimum atomic E-state index is -0.264. The summed E-state index contributed by atoms with van der Waals surface area (Å²) in [6.07, 6.45) is 2.04. The molecule has 3 N–H and O–H groups in total. The number of benzene rings is 1. The van der Waals surface area contributed by atoms with Crippen LogP contribution in [0.5, 0.6) is 0 Å². The number of anilines is 1. The number of hydrogen-bond donors (Lipinski definition) is 2. The second kappa shape index (κ2) is 6.35. The van der Waals surface area contributed by atoms with E-state index in [9.17, 15) is 9.18 Å². The van der Waals surface area contributed by atoms with E-state index in [1.165, 1.54) is 6.07 Å². The van der Waals surface area contributed by atoms with Crippen LogP contribution in [-0.2, 0) is 4.79 Å². The molecule has 1 atom stereocenters. The number of carbonyl (C=O) groups is 1. The van der Waals surface area contributed by atoms with Gasteiger partial charge in [0.15, 0.2) is 0 Å². The van der Waals surface area contributed by atoms with E-state index >= 15 is 0 Å². The van der Waals surface area contributed by atoms with Crippen molar-refractivity contribution in [3.05, 3.63) is 29.6 Å². The maximum Gasteiger partial charge on any atom is 0.224 e. The van der Waals surface area contributed by atoms with Crippen molar-refractivity contribution in [2.75, 3.05) is 5.32 Å². The third-order valence-corrected chi connectivity index (χ3v) is 2.51. The summed E-state index contributed by atoms with van der Waals surface area (Å²) in [6.45, 7) is 3.59. The number of amides is 1. The lowest BCUT2D eigenvalue weighted by molar-refractivity contribution is -0.116. The van der Waals surface area contributed by atoms with Crippen molar-refractivity contribution >= 4 is 11.6 Å². The van der Waals surface area contributed by atoms with Crippen molar-refractivity contribution in [2.24, 2.45) is 5.73 Å². The van der Waals surface area contributed by atoms with Crippen molar-refractivity contribution in [1.82, 2.24) is 0 Å². The third kappa shape index (κ3) is 4.95. The first kappa shape index (κ1) is 13.6. The van der Waals surface area contributed by atoms with Gasteiger partial charge < -0.3 is 11.1 Å². The number of carbonyl (C=O) groups excluding carboxylic acids is 1. The molecule has 17 heavy (non-hydrogen) atoms. The Bertz CT molecular complexity index is 391. The van der Waals surface area contributed by atoms with Gasteiger partial charge in [0.05, 0.1) is 0 Å². The molecule has 4 heteroatoms. The average Bonchev–Trinajstić information content (AvgIpc) is 2.23. The van der Waals surface area contributed by atoms with E-state index in [1.54, 1.807) is 19.1 Å². The van der Waals surface area contributed by atoms with Crippen LogP contribution in [0.3, 0.4) is 0 Å². The monoisotopic (exact) mass is 238 g/mol. The lowest BCUT2D eigenvalue weighted by Gasteiger charge is -2.07. The lowest BCUT2D eigenvalue weighted by Crippen LogP contribution is -2.16. The van der Waals surface area contributed by atoms with Gasteiger partial charge in [0, 0.05) is 18.2 Å². The van der Waals surface area contributed by atoms with Gasteiger partial charge in [0.2, 0.25) is 5.91 Å². The van der Waals surface area contributed by atoms with Gasteiger partial charge in [-0.2, -0.15) is 0 Å². The molecule has 1 aromatic rings. The van der Waals surface area contributed by atoms with Gasteiger partial charge in [-0.3, -0.25) is 4.79 Å². The van der Waals surface area contributed by atoms with Crippen LogP contribution in [0.2, 0.25) is 0 Å². The Morgan fingerprint density at radius 1 is 1.53 bits per heavy atom. The van der Waals surface area contributed by atoms with Gasteiger partial charge in [-0.15, -0.1) is 0 Å². The highest BCUT2D eigenvalue weighted by Gasteiger charge is 2.05. The van der Waals surface area contributed by atoms with E-state index in [0.29, 0.717) is 17.7 Å². The van der Waals surface area contributed by atoms with Crippen LogP contribution >= 0.6 is 0 Å². The number of halogens is 1. The van der Waals surface area contributed by atoms with E-state index in [-0.39, 0.29) is 17.8 Å². The zero-order valence-corrected chi connectivity index (χ0v) is 10.3. The second-order valence-electron chi connectivity index (χ2n) is 4.38. The van der Waals surface area contributed by atoms with Crippen molar-refractivity contribution in [1.29, 1.82) is 0 Å². The van der Waals surface area contributed by atoms with E-state index in [4.69, 9.17) is 5.73 Å². The second-order valence-corrected chi connectivity index (χ2v) is 4.38. The Kier molecular flexibility index (Phi) is 5.10. The molecule has 94 valence electrons. The summed E-state index contributed by atoms with van der Waals surface area (Å²) in [7, 11) is 0. The van der Waals surface area contributed by atoms with Gasteiger partial charge in [0.1, 0.15) is 5.82 Å². The average molecular weight is 238 g/mol. The molecule has 0 spiro atoms. The molecule has 1 aromatic carbocycles. The zero-order valence-electron chi connectivity index (χ0n) is 10.3. The summed E-state index contributed by atoms with van der Waals surface area (Å²) < 4.78 is 13.0. The Labute approximate surface area is 101 Å². The summed E-state index contributed by atoms with van der Waals surface area (Å²) in [5, 5.41) is 2.74. The van der Waals surface area contributed by atoms with Crippen LogP contribution in [0.15, 0.2) is 18.2 Å². The van der Waals surface area contributed by atoms with Crippen LogP contribution in [0, 0.1) is 12.7 Å². The van der Waals surface area contributed by atoms with Crippen LogP contribution < -0.4 is 11.1 Å². The molecule has 3 nitrogen and oxygen atoms in total. The van der Waals surface area contributed by atoms with Crippen molar-refractivity contribution < 1.29 is 9.18 Å². The fourth-order valence-corrected chi connectivity index (χ4v) is 1.53. The molecule has 0 saturated heterocycles.